The zero-order valence-corrected chi connectivity index (χ0v) is 15.4. The maximum Gasteiger partial charge on any atom is 0.341 e. The summed E-state index contributed by atoms with van der Waals surface area (Å²) in [7, 11) is 1.31. The van der Waals surface area contributed by atoms with E-state index in [0.29, 0.717) is 23.4 Å². The highest BCUT2D eigenvalue weighted by Gasteiger charge is 2.51. The van der Waals surface area contributed by atoms with Gasteiger partial charge in [0.25, 0.3) is 0 Å². The normalized spacial score (nSPS) is 23.8. The maximum atomic E-state index is 12.9. The number of methoxy groups -OCH3 is 1. The van der Waals surface area contributed by atoms with Crippen LogP contribution in [-0.4, -0.2) is 24.9 Å². The van der Waals surface area contributed by atoms with Gasteiger partial charge in [0, 0.05) is 4.88 Å². The molecule has 2 heterocycles. The first-order chi connectivity index (χ1) is 11.3. The van der Waals surface area contributed by atoms with E-state index in [1.165, 1.54) is 34.5 Å². The summed E-state index contributed by atoms with van der Waals surface area (Å²) >= 11 is 1.31. The van der Waals surface area contributed by atoms with Gasteiger partial charge in [-0.3, -0.25) is 9.59 Å². The van der Waals surface area contributed by atoms with Gasteiger partial charge in [0.2, 0.25) is 11.8 Å². The zero-order chi connectivity index (χ0) is 17.8. The second-order valence-corrected chi connectivity index (χ2v) is 7.85. The van der Waals surface area contributed by atoms with Gasteiger partial charge in [-0.25, -0.2) is 9.69 Å². The van der Waals surface area contributed by atoms with Gasteiger partial charge in [0.05, 0.1) is 24.5 Å². The number of rotatable bonds is 2. The number of imide groups is 1. The molecule has 1 aliphatic heterocycles. The molecule has 0 N–H and O–H groups in total. The average Bonchev–Trinajstić information content (AvgIpc) is 2.95. The molecule has 3 rings (SSSR count). The van der Waals surface area contributed by atoms with Crippen LogP contribution in [-0.2, 0) is 14.3 Å². The number of thiophene rings is 1. The van der Waals surface area contributed by atoms with Gasteiger partial charge in [0.15, 0.2) is 0 Å². The number of hydrogen-bond acceptors (Lipinski definition) is 5. The van der Waals surface area contributed by atoms with Gasteiger partial charge in [-0.05, 0) is 46.1 Å². The number of amides is 2. The molecule has 6 heteroatoms. The lowest BCUT2D eigenvalue weighted by Crippen LogP contribution is -2.31. The number of anilines is 1. The van der Waals surface area contributed by atoms with Crippen LogP contribution in [0.25, 0.3) is 0 Å². The number of hydrogen-bond donors (Lipinski definition) is 0. The Kier molecular flexibility index (Phi) is 4.11. The van der Waals surface area contributed by atoms with Crippen LogP contribution < -0.4 is 4.90 Å². The predicted molar refractivity (Wildman–Crippen MR) is 92.2 cm³/mol. The van der Waals surface area contributed by atoms with E-state index >= 15 is 0 Å². The highest BCUT2D eigenvalue weighted by atomic mass is 32.1. The molecule has 24 heavy (non-hydrogen) atoms. The number of allylic oxidation sites excluding steroid dienone is 2. The molecule has 0 saturated carbocycles. The van der Waals surface area contributed by atoms with Crippen molar-refractivity contribution in [1.82, 2.24) is 0 Å². The third-order valence-corrected chi connectivity index (χ3v) is 6.49. The minimum absolute atomic E-state index is 0.191. The van der Waals surface area contributed by atoms with E-state index in [-0.39, 0.29) is 23.7 Å². The van der Waals surface area contributed by atoms with Gasteiger partial charge in [-0.1, -0.05) is 11.1 Å². The molecular formula is C18H21NO4S. The quantitative estimate of drug-likeness (QED) is 0.467. The first kappa shape index (κ1) is 16.9. The molecule has 1 aromatic heterocycles. The van der Waals surface area contributed by atoms with Crippen molar-refractivity contribution in [2.24, 2.45) is 11.8 Å². The number of fused-ring (bicyclic) bond motifs is 1. The molecule has 1 fully saturated rings. The molecule has 128 valence electrons. The maximum absolute atomic E-state index is 12.9. The minimum Gasteiger partial charge on any atom is -0.465 e. The Balaban J connectivity index is 2.07. The Morgan fingerprint density at radius 2 is 1.54 bits per heavy atom. The van der Waals surface area contributed by atoms with Gasteiger partial charge in [-0.2, -0.15) is 0 Å². The molecular weight excluding hydrogens is 326 g/mol. The molecule has 1 saturated heterocycles. The molecule has 1 aliphatic carbocycles. The standard InChI is InChI=1S/C18H21NO4S/c1-8-6-12-13(7-9(8)2)16(21)19(15(12)20)17-14(18(22)23-5)10(3)11(4)24-17/h12-13H,6-7H2,1-5H3/t12-,13+. The van der Waals surface area contributed by atoms with Gasteiger partial charge < -0.3 is 4.74 Å². The molecule has 0 unspecified atom stereocenters. The fourth-order valence-corrected chi connectivity index (χ4v) is 4.72. The summed E-state index contributed by atoms with van der Waals surface area (Å²) < 4.78 is 4.86. The van der Waals surface area contributed by atoms with Crippen molar-refractivity contribution in [3.63, 3.8) is 0 Å². The summed E-state index contributed by atoms with van der Waals surface area (Å²) in [5.41, 5.74) is 3.47. The number of carbonyl (C=O) groups excluding carboxylic acids is 3. The number of carbonyl (C=O) groups is 3. The Morgan fingerprint density at radius 3 is 2.00 bits per heavy atom. The van der Waals surface area contributed by atoms with Crippen LogP contribution in [0.15, 0.2) is 11.1 Å². The summed E-state index contributed by atoms with van der Waals surface area (Å²) in [6.45, 7) is 7.73. The summed E-state index contributed by atoms with van der Waals surface area (Å²) in [6.07, 6.45) is 1.24. The monoisotopic (exact) mass is 347 g/mol. The first-order valence-electron chi connectivity index (χ1n) is 7.99. The molecule has 0 radical (unpaired) electrons. The van der Waals surface area contributed by atoms with E-state index in [4.69, 9.17) is 4.74 Å². The SMILES string of the molecule is COC(=O)c1c(N2C(=O)[C@H]3CC(C)=C(C)C[C@H]3C2=O)sc(C)c1C. The molecule has 0 spiro atoms. The Morgan fingerprint density at radius 1 is 1.04 bits per heavy atom. The van der Waals surface area contributed by atoms with Crippen molar-refractivity contribution in [3.8, 4) is 0 Å². The number of esters is 1. The van der Waals surface area contributed by atoms with E-state index in [2.05, 4.69) is 0 Å². The predicted octanol–water partition coefficient (Wildman–Crippen LogP) is 3.39. The lowest BCUT2D eigenvalue weighted by Gasteiger charge is -2.23. The van der Waals surface area contributed by atoms with Gasteiger partial charge in [0.1, 0.15) is 5.00 Å². The molecule has 2 aliphatic rings. The Bertz CT molecular complexity index is 757. The van der Waals surface area contributed by atoms with E-state index in [0.717, 1.165) is 10.4 Å². The first-order valence-corrected chi connectivity index (χ1v) is 8.80. The third-order valence-electron chi connectivity index (χ3n) is 5.30. The summed E-state index contributed by atoms with van der Waals surface area (Å²) in [6, 6.07) is 0. The highest BCUT2D eigenvalue weighted by Crippen LogP contribution is 2.45. The van der Waals surface area contributed by atoms with Crippen LogP contribution in [0.2, 0.25) is 0 Å². The summed E-state index contributed by atoms with van der Waals surface area (Å²) in [5, 5.41) is 0.413. The second kappa shape index (κ2) is 5.84. The lowest BCUT2D eigenvalue weighted by molar-refractivity contribution is -0.122. The topological polar surface area (TPSA) is 63.7 Å². The van der Waals surface area contributed by atoms with Crippen molar-refractivity contribution in [2.45, 2.75) is 40.5 Å². The molecule has 0 aromatic carbocycles. The Hall–Kier alpha value is -1.95. The van der Waals surface area contributed by atoms with Crippen molar-refractivity contribution >= 4 is 34.1 Å². The van der Waals surface area contributed by atoms with Crippen LogP contribution in [0.5, 0.6) is 0 Å². The second-order valence-electron chi connectivity index (χ2n) is 6.65. The smallest absolute Gasteiger partial charge is 0.341 e. The van der Waals surface area contributed by atoms with Crippen LogP contribution in [0.1, 0.15) is 47.5 Å². The number of nitrogens with zero attached hydrogens (tertiary/aromatic N) is 1. The lowest BCUT2D eigenvalue weighted by atomic mass is 9.78. The summed E-state index contributed by atoms with van der Waals surface area (Å²) in [4.78, 5) is 40.2. The van der Waals surface area contributed by atoms with Crippen LogP contribution >= 0.6 is 11.3 Å². The number of ether oxygens (including phenoxy) is 1. The fraction of sp³-hybridized carbons (Fsp3) is 0.500. The van der Waals surface area contributed by atoms with E-state index < -0.39 is 5.97 Å². The largest absolute Gasteiger partial charge is 0.465 e. The molecule has 2 atom stereocenters. The van der Waals surface area contributed by atoms with Crippen LogP contribution in [0.4, 0.5) is 5.00 Å². The van der Waals surface area contributed by atoms with E-state index in [1.54, 1.807) is 0 Å². The average molecular weight is 347 g/mol. The molecule has 0 bridgehead atoms. The van der Waals surface area contributed by atoms with Gasteiger partial charge in [-0.15, -0.1) is 11.3 Å². The van der Waals surface area contributed by atoms with Crippen LogP contribution in [0, 0.1) is 25.7 Å². The van der Waals surface area contributed by atoms with Crippen molar-refractivity contribution < 1.29 is 19.1 Å². The molecule has 2 amide bonds. The van der Waals surface area contributed by atoms with E-state index in [1.807, 2.05) is 27.7 Å². The summed E-state index contributed by atoms with van der Waals surface area (Å²) in [5.74, 6) is -1.51. The fourth-order valence-electron chi connectivity index (χ4n) is 3.56. The zero-order valence-electron chi connectivity index (χ0n) is 14.6. The molecule has 1 aromatic rings. The minimum atomic E-state index is -0.507. The number of aryl methyl sites for hydroxylation is 1. The van der Waals surface area contributed by atoms with Crippen LogP contribution in [0.3, 0.4) is 0 Å². The van der Waals surface area contributed by atoms with Crippen molar-refractivity contribution in [1.29, 1.82) is 0 Å². The molecule has 5 nitrogen and oxygen atoms in total. The van der Waals surface area contributed by atoms with Crippen molar-refractivity contribution in [3.05, 3.63) is 27.2 Å². The van der Waals surface area contributed by atoms with E-state index in [9.17, 15) is 14.4 Å². The third kappa shape index (κ3) is 2.32. The van der Waals surface area contributed by atoms with Crippen molar-refractivity contribution in [2.75, 3.05) is 12.0 Å². The van der Waals surface area contributed by atoms with Gasteiger partial charge >= 0.3 is 5.97 Å². The highest BCUT2D eigenvalue weighted by molar-refractivity contribution is 7.17. The Labute approximate surface area is 145 Å².